The molecule has 0 bridgehead atoms. The molecule has 0 aliphatic heterocycles. The maximum Gasteiger partial charge on any atom is 0.407 e. The number of benzene rings is 3. The molecule has 0 saturated heterocycles. The maximum atomic E-state index is 11.9. The second kappa shape index (κ2) is 9.94. The molecule has 162 valence electrons. The van der Waals surface area contributed by atoms with E-state index in [1.54, 1.807) is 0 Å². The average Bonchev–Trinajstić information content (AvgIpc) is 2.77. The predicted molar refractivity (Wildman–Crippen MR) is 128 cm³/mol. The van der Waals surface area contributed by atoms with Gasteiger partial charge in [-0.2, -0.15) is 0 Å². The monoisotopic (exact) mass is 433 g/mol. The van der Waals surface area contributed by atoms with Crippen LogP contribution in [0.1, 0.15) is 26.3 Å². The Kier molecular flexibility index (Phi) is 7.31. The van der Waals surface area contributed by atoms with Gasteiger partial charge in [0.15, 0.2) is 0 Å². The number of nitrogens with zero attached hydrogens (tertiary/aromatic N) is 1. The first-order valence-electron chi connectivity index (χ1n) is 10.6. The lowest BCUT2D eigenvalue weighted by molar-refractivity contribution is 0.131. The Bertz CT molecular complexity index is 917. The molecular formula is C26H31NO3Si. The second-order valence-corrected chi connectivity index (χ2v) is 13.0. The number of carboxylic acid groups (broad SMARTS) is 1. The van der Waals surface area contributed by atoms with Crippen molar-refractivity contribution in [1.29, 1.82) is 0 Å². The summed E-state index contributed by atoms with van der Waals surface area (Å²) < 4.78 is 6.82. The number of hydrogen-bond acceptors (Lipinski definition) is 2. The summed E-state index contributed by atoms with van der Waals surface area (Å²) >= 11 is 0. The number of amides is 1. The molecule has 0 atom stereocenters. The van der Waals surface area contributed by atoms with Gasteiger partial charge in [0, 0.05) is 13.1 Å². The topological polar surface area (TPSA) is 49.8 Å². The highest BCUT2D eigenvalue weighted by atomic mass is 28.4. The standard InChI is InChI=1S/C26H31NO3Si/c1-26(2,3)31(23-15-9-5-10-16-23,24-17-11-6-12-18-24)30-20-19-27(25(28)29)21-22-13-7-4-8-14-22/h4-18H,19-21H2,1-3H3,(H,28,29). The Balaban J connectivity index is 1.89. The number of carbonyl (C=O) groups is 1. The van der Waals surface area contributed by atoms with Crippen molar-refractivity contribution in [3.05, 3.63) is 96.6 Å². The third-order valence-electron chi connectivity index (χ3n) is 5.58. The molecule has 5 heteroatoms. The number of rotatable bonds is 8. The molecule has 0 fully saturated rings. The Morgan fingerprint density at radius 3 is 1.71 bits per heavy atom. The summed E-state index contributed by atoms with van der Waals surface area (Å²) in [7, 11) is -2.66. The van der Waals surface area contributed by atoms with Crippen molar-refractivity contribution in [2.24, 2.45) is 0 Å². The Morgan fingerprint density at radius 2 is 1.29 bits per heavy atom. The van der Waals surface area contributed by atoms with E-state index in [-0.39, 0.29) is 5.04 Å². The molecule has 1 N–H and O–H groups in total. The van der Waals surface area contributed by atoms with Crippen LogP contribution in [-0.4, -0.2) is 37.6 Å². The van der Waals surface area contributed by atoms with E-state index in [1.165, 1.54) is 15.3 Å². The average molecular weight is 434 g/mol. The molecule has 0 saturated carbocycles. The number of hydrogen-bond donors (Lipinski definition) is 1. The van der Waals surface area contributed by atoms with Gasteiger partial charge in [-0.1, -0.05) is 112 Å². The molecule has 0 spiro atoms. The van der Waals surface area contributed by atoms with Crippen molar-refractivity contribution in [1.82, 2.24) is 4.90 Å². The van der Waals surface area contributed by atoms with Crippen molar-refractivity contribution in [2.75, 3.05) is 13.2 Å². The van der Waals surface area contributed by atoms with Crippen LogP contribution in [0.15, 0.2) is 91.0 Å². The van der Waals surface area contributed by atoms with Crippen LogP contribution in [0.4, 0.5) is 4.79 Å². The van der Waals surface area contributed by atoms with Gasteiger partial charge in [0.25, 0.3) is 8.32 Å². The SMILES string of the molecule is CC(C)(C)[Si](OCCN(Cc1ccccc1)C(=O)O)(c1ccccc1)c1ccccc1. The summed E-state index contributed by atoms with van der Waals surface area (Å²) in [5.74, 6) is 0. The molecule has 1 amide bonds. The molecule has 3 aromatic rings. The van der Waals surface area contributed by atoms with Gasteiger partial charge in [0.1, 0.15) is 0 Å². The zero-order valence-corrected chi connectivity index (χ0v) is 19.5. The fourth-order valence-electron chi connectivity index (χ4n) is 4.12. The summed E-state index contributed by atoms with van der Waals surface area (Å²) in [6.07, 6.45) is -0.935. The van der Waals surface area contributed by atoms with E-state index in [0.717, 1.165) is 5.56 Å². The van der Waals surface area contributed by atoms with Gasteiger partial charge < -0.3 is 14.4 Å². The molecular weight excluding hydrogens is 402 g/mol. The molecule has 31 heavy (non-hydrogen) atoms. The van der Waals surface area contributed by atoms with Crippen molar-refractivity contribution in [3.63, 3.8) is 0 Å². The third kappa shape index (κ3) is 5.24. The summed E-state index contributed by atoms with van der Waals surface area (Å²) in [4.78, 5) is 13.3. The quantitative estimate of drug-likeness (QED) is 0.522. The van der Waals surface area contributed by atoms with Crippen LogP contribution in [0.5, 0.6) is 0 Å². The molecule has 0 aromatic heterocycles. The highest BCUT2D eigenvalue weighted by Crippen LogP contribution is 2.36. The summed E-state index contributed by atoms with van der Waals surface area (Å²) in [5, 5.41) is 12.0. The molecule has 0 aliphatic rings. The third-order valence-corrected chi connectivity index (χ3v) is 10.6. The molecule has 3 aromatic carbocycles. The minimum Gasteiger partial charge on any atom is -0.465 e. The summed E-state index contributed by atoms with van der Waals surface area (Å²) in [6, 6.07) is 30.5. The van der Waals surface area contributed by atoms with Crippen LogP contribution in [0.25, 0.3) is 0 Å². The van der Waals surface area contributed by atoms with Crippen LogP contribution in [-0.2, 0) is 11.0 Å². The van der Waals surface area contributed by atoms with Gasteiger partial charge in [0.05, 0.1) is 6.61 Å². The van der Waals surface area contributed by atoms with Crippen molar-refractivity contribution in [2.45, 2.75) is 32.4 Å². The zero-order chi connectivity index (χ0) is 22.3. The van der Waals surface area contributed by atoms with Crippen molar-refractivity contribution in [3.8, 4) is 0 Å². The van der Waals surface area contributed by atoms with E-state index < -0.39 is 14.4 Å². The van der Waals surface area contributed by atoms with E-state index >= 15 is 0 Å². The largest absolute Gasteiger partial charge is 0.465 e. The second-order valence-electron chi connectivity index (χ2n) is 8.70. The zero-order valence-electron chi connectivity index (χ0n) is 18.5. The maximum absolute atomic E-state index is 11.9. The van der Waals surface area contributed by atoms with Gasteiger partial charge in [-0.05, 0) is 21.0 Å². The Morgan fingerprint density at radius 1 is 0.839 bits per heavy atom. The van der Waals surface area contributed by atoms with Crippen LogP contribution in [0.2, 0.25) is 5.04 Å². The van der Waals surface area contributed by atoms with E-state index in [1.807, 2.05) is 66.7 Å². The van der Waals surface area contributed by atoms with Crippen molar-refractivity contribution < 1.29 is 14.3 Å². The lowest BCUT2D eigenvalue weighted by Crippen LogP contribution is -2.67. The van der Waals surface area contributed by atoms with Gasteiger partial charge in [-0.15, -0.1) is 0 Å². The first kappa shape index (κ1) is 22.8. The predicted octanol–water partition coefficient (Wildman–Crippen LogP) is 4.74. The first-order valence-corrected chi connectivity index (χ1v) is 12.5. The normalized spacial score (nSPS) is 11.8. The van der Waals surface area contributed by atoms with Crippen molar-refractivity contribution >= 4 is 24.8 Å². The summed E-state index contributed by atoms with van der Waals surface area (Å²) in [6.45, 7) is 7.66. The van der Waals surface area contributed by atoms with E-state index in [9.17, 15) is 9.90 Å². The smallest absolute Gasteiger partial charge is 0.407 e. The van der Waals surface area contributed by atoms with Crippen LogP contribution in [0, 0.1) is 0 Å². The van der Waals surface area contributed by atoms with Crippen LogP contribution in [0.3, 0.4) is 0 Å². The lowest BCUT2D eigenvalue weighted by Gasteiger charge is -2.43. The lowest BCUT2D eigenvalue weighted by atomic mass is 10.2. The molecule has 0 heterocycles. The Labute approximate surface area is 186 Å². The molecule has 0 unspecified atom stereocenters. The van der Waals surface area contributed by atoms with Gasteiger partial charge >= 0.3 is 6.09 Å². The van der Waals surface area contributed by atoms with Crippen LogP contribution < -0.4 is 10.4 Å². The van der Waals surface area contributed by atoms with Gasteiger partial charge in [-0.25, -0.2) is 4.79 Å². The first-order chi connectivity index (χ1) is 14.8. The minimum absolute atomic E-state index is 0.136. The minimum atomic E-state index is -2.66. The fourth-order valence-corrected chi connectivity index (χ4v) is 8.67. The summed E-state index contributed by atoms with van der Waals surface area (Å²) in [5.41, 5.74) is 0.968. The fraction of sp³-hybridized carbons (Fsp3) is 0.269. The van der Waals surface area contributed by atoms with Gasteiger partial charge in [-0.3, -0.25) is 0 Å². The molecule has 0 radical (unpaired) electrons. The van der Waals surface area contributed by atoms with E-state index in [0.29, 0.717) is 19.7 Å². The molecule has 0 aliphatic carbocycles. The van der Waals surface area contributed by atoms with E-state index in [4.69, 9.17) is 4.43 Å². The van der Waals surface area contributed by atoms with Gasteiger partial charge in [0.2, 0.25) is 0 Å². The molecule has 4 nitrogen and oxygen atoms in total. The van der Waals surface area contributed by atoms with E-state index in [2.05, 4.69) is 45.0 Å². The highest BCUT2D eigenvalue weighted by molar-refractivity contribution is 6.99. The highest BCUT2D eigenvalue weighted by Gasteiger charge is 2.50. The van der Waals surface area contributed by atoms with Crippen LogP contribution >= 0.6 is 0 Å². The molecule has 3 rings (SSSR count). The Hall–Kier alpha value is -2.89.